The van der Waals surface area contributed by atoms with Crippen LogP contribution in [0.1, 0.15) is 56.9 Å². The van der Waals surface area contributed by atoms with Crippen molar-refractivity contribution in [2.24, 2.45) is 5.92 Å². The van der Waals surface area contributed by atoms with E-state index in [4.69, 9.17) is 21.4 Å². The third-order valence-electron chi connectivity index (χ3n) is 5.61. The summed E-state index contributed by atoms with van der Waals surface area (Å²) in [6.07, 6.45) is 4.33. The SMILES string of the molecule is COC(=O)[C@H](CCC(=O)O)NC(=O)[C@H](CC1CCCCC1)NC(=O)OCc1cccc(Cl)c1. The van der Waals surface area contributed by atoms with E-state index in [1.54, 1.807) is 24.3 Å². The molecule has 3 N–H and O–H groups in total. The molecule has 182 valence electrons. The number of carboxylic acids is 1. The van der Waals surface area contributed by atoms with Crippen molar-refractivity contribution in [2.45, 2.75) is 70.1 Å². The highest BCUT2D eigenvalue weighted by Gasteiger charge is 2.30. The summed E-state index contributed by atoms with van der Waals surface area (Å²) in [6, 6.07) is 4.81. The van der Waals surface area contributed by atoms with Gasteiger partial charge in [-0.05, 0) is 36.5 Å². The number of ether oxygens (including phenoxy) is 2. The average molecular weight is 483 g/mol. The van der Waals surface area contributed by atoms with E-state index in [2.05, 4.69) is 15.4 Å². The number of carboxylic acid groups (broad SMARTS) is 1. The van der Waals surface area contributed by atoms with Crippen molar-refractivity contribution >= 4 is 35.5 Å². The summed E-state index contributed by atoms with van der Waals surface area (Å²) >= 11 is 5.94. The largest absolute Gasteiger partial charge is 0.481 e. The van der Waals surface area contributed by atoms with Crippen molar-refractivity contribution in [2.75, 3.05) is 7.11 Å². The molecule has 0 radical (unpaired) electrons. The molecule has 1 aliphatic rings. The van der Waals surface area contributed by atoms with Crippen LogP contribution in [0.4, 0.5) is 4.79 Å². The molecule has 33 heavy (non-hydrogen) atoms. The zero-order chi connectivity index (χ0) is 24.2. The van der Waals surface area contributed by atoms with E-state index in [0.29, 0.717) is 17.0 Å². The number of nitrogens with one attached hydrogen (secondary N) is 2. The van der Waals surface area contributed by atoms with Crippen LogP contribution in [0, 0.1) is 5.92 Å². The van der Waals surface area contributed by atoms with Crippen LogP contribution >= 0.6 is 11.6 Å². The Kier molecular flexibility index (Phi) is 11.0. The Labute approximate surface area is 198 Å². The summed E-state index contributed by atoms with van der Waals surface area (Å²) < 4.78 is 9.93. The maximum atomic E-state index is 13.0. The van der Waals surface area contributed by atoms with Crippen molar-refractivity contribution in [3.05, 3.63) is 34.9 Å². The van der Waals surface area contributed by atoms with E-state index in [1.807, 2.05) is 0 Å². The highest BCUT2D eigenvalue weighted by Crippen LogP contribution is 2.27. The molecule has 9 nitrogen and oxygen atoms in total. The Hall–Kier alpha value is -2.81. The van der Waals surface area contributed by atoms with Gasteiger partial charge >= 0.3 is 18.0 Å². The molecule has 0 bridgehead atoms. The van der Waals surface area contributed by atoms with Gasteiger partial charge in [0.1, 0.15) is 18.7 Å². The van der Waals surface area contributed by atoms with Crippen LogP contribution < -0.4 is 10.6 Å². The van der Waals surface area contributed by atoms with Gasteiger partial charge in [0.05, 0.1) is 7.11 Å². The number of alkyl carbamates (subject to hydrolysis) is 1. The normalized spacial score (nSPS) is 15.7. The lowest BCUT2D eigenvalue weighted by atomic mass is 9.84. The molecule has 0 aliphatic heterocycles. The van der Waals surface area contributed by atoms with Gasteiger partial charge in [0, 0.05) is 11.4 Å². The fraction of sp³-hybridized carbons (Fsp3) is 0.565. The predicted molar refractivity (Wildman–Crippen MR) is 121 cm³/mol. The standard InChI is InChI=1S/C23H31ClN2O7/c1-32-22(30)18(10-11-20(27)28)25-21(29)19(13-15-6-3-2-4-7-15)26-23(31)33-14-16-8-5-9-17(24)12-16/h5,8-9,12,15,18-19H,2-4,6-7,10-11,13-14H2,1H3,(H,25,29)(H,26,31)(H,27,28)/t18-,19-/m0/s1. The first kappa shape index (κ1) is 26.4. The number of hydrogen-bond acceptors (Lipinski definition) is 6. The quantitative estimate of drug-likeness (QED) is 0.412. The van der Waals surface area contributed by atoms with Gasteiger partial charge in [0.15, 0.2) is 0 Å². The summed E-state index contributed by atoms with van der Waals surface area (Å²) in [6.45, 7) is -0.0203. The van der Waals surface area contributed by atoms with Crippen molar-refractivity contribution in [3.8, 4) is 0 Å². The maximum Gasteiger partial charge on any atom is 0.408 e. The number of halogens is 1. The topological polar surface area (TPSA) is 131 Å². The number of rotatable bonds is 11. The maximum absolute atomic E-state index is 13.0. The van der Waals surface area contributed by atoms with E-state index < -0.39 is 36.0 Å². The Morgan fingerprint density at radius 3 is 2.48 bits per heavy atom. The second-order valence-electron chi connectivity index (χ2n) is 8.16. The zero-order valence-electron chi connectivity index (χ0n) is 18.7. The number of carbonyl (C=O) groups excluding carboxylic acids is 3. The fourth-order valence-electron chi connectivity index (χ4n) is 3.88. The van der Waals surface area contributed by atoms with Crippen molar-refractivity contribution in [1.82, 2.24) is 10.6 Å². The van der Waals surface area contributed by atoms with Crippen LogP contribution in [0.15, 0.2) is 24.3 Å². The van der Waals surface area contributed by atoms with E-state index in [1.165, 1.54) is 0 Å². The number of hydrogen-bond donors (Lipinski definition) is 3. The smallest absolute Gasteiger partial charge is 0.408 e. The minimum atomic E-state index is -1.13. The zero-order valence-corrected chi connectivity index (χ0v) is 19.4. The van der Waals surface area contributed by atoms with Crippen molar-refractivity contribution in [1.29, 1.82) is 0 Å². The minimum Gasteiger partial charge on any atom is -0.481 e. The second kappa shape index (κ2) is 13.7. The summed E-state index contributed by atoms with van der Waals surface area (Å²) in [4.78, 5) is 48.4. The molecule has 0 aromatic heterocycles. The lowest BCUT2D eigenvalue weighted by molar-refractivity contribution is -0.146. The van der Waals surface area contributed by atoms with E-state index in [-0.39, 0.29) is 25.4 Å². The molecule has 1 aromatic carbocycles. The molecule has 2 amide bonds. The molecule has 2 rings (SSSR count). The molecule has 1 aromatic rings. The monoisotopic (exact) mass is 482 g/mol. The molecule has 0 saturated heterocycles. The van der Waals surface area contributed by atoms with Gasteiger partial charge in [-0.25, -0.2) is 9.59 Å². The molecule has 10 heteroatoms. The Morgan fingerprint density at radius 2 is 1.85 bits per heavy atom. The highest BCUT2D eigenvalue weighted by atomic mass is 35.5. The third-order valence-corrected chi connectivity index (χ3v) is 5.85. The Bertz CT molecular complexity index is 827. The summed E-state index contributed by atoms with van der Waals surface area (Å²) in [5, 5.41) is 14.6. The first-order valence-electron chi connectivity index (χ1n) is 11.1. The molecule has 1 saturated carbocycles. The Morgan fingerprint density at radius 1 is 1.12 bits per heavy atom. The molecule has 1 fully saturated rings. The van der Waals surface area contributed by atoms with Crippen molar-refractivity contribution < 1.29 is 33.8 Å². The van der Waals surface area contributed by atoms with E-state index in [9.17, 15) is 19.2 Å². The average Bonchev–Trinajstić information content (AvgIpc) is 2.80. The highest BCUT2D eigenvalue weighted by molar-refractivity contribution is 6.30. The number of benzene rings is 1. The second-order valence-corrected chi connectivity index (χ2v) is 8.60. The van der Waals surface area contributed by atoms with Gasteiger partial charge in [-0.3, -0.25) is 9.59 Å². The van der Waals surface area contributed by atoms with Crippen molar-refractivity contribution in [3.63, 3.8) is 0 Å². The van der Waals surface area contributed by atoms with Gasteiger partial charge < -0.3 is 25.2 Å². The summed E-state index contributed by atoms with van der Waals surface area (Å²) in [5.74, 6) is -2.18. The molecule has 0 spiro atoms. The first-order chi connectivity index (χ1) is 15.8. The van der Waals surface area contributed by atoms with Crippen LogP contribution in [0.25, 0.3) is 0 Å². The number of amides is 2. The molecule has 2 atom stereocenters. The Balaban J connectivity index is 2.03. The third kappa shape index (κ3) is 9.69. The van der Waals surface area contributed by atoms with Crippen LogP contribution in [0.3, 0.4) is 0 Å². The van der Waals surface area contributed by atoms with Crippen LogP contribution in [0.2, 0.25) is 5.02 Å². The van der Waals surface area contributed by atoms with Gasteiger partial charge in [-0.1, -0.05) is 55.8 Å². The summed E-state index contributed by atoms with van der Waals surface area (Å²) in [7, 11) is 1.16. The fourth-order valence-corrected chi connectivity index (χ4v) is 4.09. The molecule has 0 unspecified atom stereocenters. The molecule has 1 aliphatic carbocycles. The van der Waals surface area contributed by atoms with Gasteiger partial charge in [-0.2, -0.15) is 0 Å². The van der Waals surface area contributed by atoms with Gasteiger partial charge in [0.25, 0.3) is 0 Å². The molecular weight excluding hydrogens is 452 g/mol. The van der Waals surface area contributed by atoms with E-state index in [0.717, 1.165) is 39.2 Å². The minimum absolute atomic E-state index is 0.0203. The first-order valence-corrected chi connectivity index (χ1v) is 11.4. The van der Waals surface area contributed by atoms with E-state index >= 15 is 0 Å². The van der Waals surface area contributed by atoms with Crippen LogP contribution in [-0.2, 0) is 30.5 Å². The summed E-state index contributed by atoms with van der Waals surface area (Å²) in [5.41, 5.74) is 0.699. The van der Waals surface area contributed by atoms with Gasteiger partial charge in [0.2, 0.25) is 5.91 Å². The molecule has 0 heterocycles. The number of methoxy groups -OCH3 is 1. The molecular formula is C23H31ClN2O7. The number of esters is 1. The lowest BCUT2D eigenvalue weighted by Crippen LogP contribution is -2.52. The number of aliphatic carboxylic acids is 1. The number of carbonyl (C=O) groups is 4. The predicted octanol–water partition coefficient (Wildman–Crippen LogP) is 3.43. The van der Waals surface area contributed by atoms with Crippen LogP contribution in [0.5, 0.6) is 0 Å². The van der Waals surface area contributed by atoms with Gasteiger partial charge in [-0.15, -0.1) is 0 Å². The van der Waals surface area contributed by atoms with Crippen LogP contribution in [-0.4, -0.2) is 48.2 Å². The lowest BCUT2D eigenvalue weighted by Gasteiger charge is -2.27.